The van der Waals surface area contributed by atoms with Crippen LogP contribution in [0.4, 0.5) is 5.82 Å². The lowest BCUT2D eigenvalue weighted by molar-refractivity contribution is 0.105. The molecule has 0 amide bonds. The van der Waals surface area contributed by atoms with E-state index in [-0.39, 0.29) is 6.10 Å². The molecule has 1 aliphatic heterocycles. The molecule has 0 aromatic carbocycles. The Morgan fingerprint density at radius 2 is 2.05 bits per heavy atom. The van der Waals surface area contributed by atoms with Crippen molar-refractivity contribution in [3.05, 3.63) is 16.3 Å². The maximum absolute atomic E-state index is 6.19. The molecule has 3 heterocycles. The van der Waals surface area contributed by atoms with E-state index in [1.165, 1.54) is 29.7 Å². The van der Waals surface area contributed by atoms with Crippen molar-refractivity contribution in [3.8, 4) is 0 Å². The van der Waals surface area contributed by atoms with Crippen molar-refractivity contribution in [2.45, 2.75) is 44.6 Å². The van der Waals surface area contributed by atoms with E-state index >= 15 is 0 Å². The van der Waals surface area contributed by atoms with Crippen LogP contribution in [0.2, 0.25) is 0 Å². The first-order chi connectivity index (χ1) is 9.33. The van der Waals surface area contributed by atoms with E-state index in [1.54, 1.807) is 11.3 Å². The zero-order chi connectivity index (χ0) is 12.8. The van der Waals surface area contributed by atoms with Gasteiger partial charge in [-0.3, -0.25) is 0 Å². The molecule has 1 aliphatic carbocycles. The molecule has 0 saturated carbocycles. The lowest BCUT2D eigenvalue weighted by atomic mass is 9.97. The summed E-state index contributed by atoms with van der Waals surface area (Å²) in [6.45, 7) is 0.812. The normalized spacial score (nSPS) is 22.8. The summed E-state index contributed by atoms with van der Waals surface area (Å²) in [4.78, 5) is 11.8. The third kappa shape index (κ3) is 1.83. The SMILES string of the molecule is Nc1nc(C2CCCO2)nc2sc3c(c12)CCCC3. The molecule has 1 fully saturated rings. The molecule has 1 saturated heterocycles. The molecule has 2 aromatic rings. The molecule has 4 nitrogen and oxygen atoms in total. The number of aryl methyl sites for hydroxylation is 2. The van der Waals surface area contributed by atoms with Gasteiger partial charge in [0.2, 0.25) is 0 Å². The van der Waals surface area contributed by atoms with Crippen molar-refractivity contribution in [3.63, 3.8) is 0 Å². The predicted molar refractivity (Wildman–Crippen MR) is 76.4 cm³/mol. The van der Waals surface area contributed by atoms with Gasteiger partial charge in [0.25, 0.3) is 0 Å². The van der Waals surface area contributed by atoms with Gasteiger partial charge in [0, 0.05) is 11.5 Å². The van der Waals surface area contributed by atoms with Gasteiger partial charge in [0.15, 0.2) is 5.82 Å². The molecular formula is C14H17N3OS. The van der Waals surface area contributed by atoms with Crippen molar-refractivity contribution >= 4 is 27.4 Å². The van der Waals surface area contributed by atoms with Crippen molar-refractivity contribution in [1.29, 1.82) is 0 Å². The number of hydrogen-bond acceptors (Lipinski definition) is 5. The molecule has 2 N–H and O–H groups in total. The number of anilines is 1. The van der Waals surface area contributed by atoms with E-state index < -0.39 is 0 Å². The highest BCUT2D eigenvalue weighted by Gasteiger charge is 2.24. The summed E-state index contributed by atoms with van der Waals surface area (Å²) in [6.07, 6.45) is 6.99. The summed E-state index contributed by atoms with van der Waals surface area (Å²) in [6, 6.07) is 0. The Hall–Kier alpha value is -1.20. The smallest absolute Gasteiger partial charge is 0.161 e. The van der Waals surface area contributed by atoms with Crippen LogP contribution in [-0.4, -0.2) is 16.6 Å². The zero-order valence-corrected chi connectivity index (χ0v) is 11.6. The van der Waals surface area contributed by atoms with Gasteiger partial charge < -0.3 is 10.5 Å². The number of thiophene rings is 1. The van der Waals surface area contributed by atoms with Crippen LogP contribution in [0.25, 0.3) is 10.2 Å². The topological polar surface area (TPSA) is 61.0 Å². The van der Waals surface area contributed by atoms with Crippen LogP contribution in [-0.2, 0) is 17.6 Å². The molecule has 4 rings (SSSR count). The van der Waals surface area contributed by atoms with E-state index in [4.69, 9.17) is 15.5 Å². The number of fused-ring (bicyclic) bond motifs is 3. The van der Waals surface area contributed by atoms with Gasteiger partial charge in [0.05, 0.1) is 5.39 Å². The standard InChI is InChI=1S/C14H17N3OS/c15-12-11-8-4-1-2-6-10(8)19-14(11)17-13(16-12)9-5-3-7-18-9/h9H,1-7H2,(H2,15,16,17). The summed E-state index contributed by atoms with van der Waals surface area (Å²) < 4.78 is 5.67. The van der Waals surface area contributed by atoms with E-state index in [0.717, 1.165) is 41.9 Å². The minimum absolute atomic E-state index is 0.0471. The van der Waals surface area contributed by atoms with Crippen LogP contribution in [0, 0.1) is 0 Å². The Kier molecular flexibility index (Phi) is 2.70. The van der Waals surface area contributed by atoms with Gasteiger partial charge in [-0.15, -0.1) is 11.3 Å². The first kappa shape index (κ1) is 11.6. The van der Waals surface area contributed by atoms with E-state index in [1.807, 2.05) is 0 Å². The fourth-order valence-corrected chi connectivity index (χ4v) is 4.40. The maximum atomic E-state index is 6.19. The molecule has 0 radical (unpaired) electrons. The number of ether oxygens (including phenoxy) is 1. The Labute approximate surface area is 116 Å². The van der Waals surface area contributed by atoms with Gasteiger partial charge in [-0.25, -0.2) is 9.97 Å². The fourth-order valence-electron chi connectivity index (χ4n) is 3.13. The second kappa shape index (κ2) is 4.42. The van der Waals surface area contributed by atoms with Crippen LogP contribution in [0.3, 0.4) is 0 Å². The minimum Gasteiger partial charge on any atom is -0.383 e. The summed E-state index contributed by atoms with van der Waals surface area (Å²) >= 11 is 1.80. The Morgan fingerprint density at radius 3 is 2.89 bits per heavy atom. The van der Waals surface area contributed by atoms with E-state index in [0.29, 0.717) is 5.82 Å². The van der Waals surface area contributed by atoms with E-state index in [9.17, 15) is 0 Å². The molecule has 2 aliphatic rings. The molecule has 5 heteroatoms. The lowest BCUT2D eigenvalue weighted by Gasteiger charge is -2.11. The molecule has 2 aromatic heterocycles. The van der Waals surface area contributed by atoms with Crippen molar-refractivity contribution < 1.29 is 4.74 Å². The third-order valence-electron chi connectivity index (χ3n) is 4.08. The Morgan fingerprint density at radius 1 is 1.16 bits per heavy atom. The van der Waals surface area contributed by atoms with Gasteiger partial charge >= 0.3 is 0 Å². The predicted octanol–water partition coefficient (Wildman–Crippen LogP) is 3.00. The lowest BCUT2D eigenvalue weighted by Crippen LogP contribution is -2.06. The molecule has 1 unspecified atom stereocenters. The number of nitrogens with two attached hydrogens (primary N) is 1. The van der Waals surface area contributed by atoms with Crippen LogP contribution in [0.5, 0.6) is 0 Å². The van der Waals surface area contributed by atoms with Crippen LogP contribution in [0.15, 0.2) is 0 Å². The van der Waals surface area contributed by atoms with Crippen molar-refractivity contribution in [2.75, 3.05) is 12.3 Å². The Balaban J connectivity index is 1.87. The highest BCUT2D eigenvalue weighted by molar-refractivity contribution is 7.19. The summed E-state index contributed by atoms with van der Waals surface area (Å²) in [5.41, 5.74) is 7.60. The van der Waals surface area contributed by atoms with E-state index in [2.05, 4.69) is 4.98 Å². The fraction of sp³-hybridized carbons (Fsp3) is 0.571. The van der Waals surface area contributed by atoms with Crippen LogP contribution in [0.1, 0.15) is 48.1 Å². The van der Waals surface area contributed by atoms with Gasteiger partial charge in [0.1, 0.15) is 16.8 Å². The highest BCUT2D eigenvalue weighted by Crippen LogP contribution is 2.39. The average molecular weight is 275 g/mol. The molecule has 1 atom stereocenters. The second-order valence-electron chi connectivity index (χ2n) is 5.36. The maximum Gasteiger partial charge on any atom is 0.161 e. The molecule has 19 heavy (non-hydrogen) atoms. The average Bonchev–Trinajstić information content (AvgIpc) is 3.05. The first-order valence-corrected chi connectivity index (χ1v) is 7.84. The zero-order valence-electron chi connectivity index (χ0n) is 10.8. The number of rotatable bonds is 1. The van der Waals surface area contributed by atoms with Gasteiger partial charge in [-0.1, -0.05) is 0 Å². The quantitative estimate of drug-likeness (QED) is 0.869. The number of nitrogens with zero attached hydrogens (tertiary/aromatic N) is 2. The second-order valence-corrected chi connectivity index (χ2v) is 6.44. The molecule has 0 spiro atoms. The Bertz CT molecular complexity index is 631. The minimum atomic E-state index is 0.0471. The number of aromatic nitrogens is 2. The van der Waals surface area contributed by atoms with Gasteiger partial charge in [-0.2, -0.15) is 0 Å². The summed E-state index contributed by atoms with van der Waals surface area (Å²) in [7, 11) is 0. The molecule has 100 valence electrons. The van der Waals surface area contributed by atoms with Crippen LogP contribution < -0.4 is 5.73 Å². The summed E-state index contributed by atoms with van der Waals surface area (Å²) in [5.74, 6) is 1.43. The van der Waals surface area contributed by atoms with Gasteiger partial charge in [-0.05, 0) is 44.1 Å². The monoisotopic (exact) mass is 275 g/mol. The molecular weight excluding hydrogens is 258 g/mol. The van der Waals surface area contributed by atoms with Crippen LogP contribution >= 0.6 is 11.3 Å². The number of hydrogen-bond donors (Lipinski definition) is 1. The highest BCUT2D eigenvalue weighted by atomic mass is 32.1. The summed E-state index contributed by atoms with van der Waals surface area (Å²) in [5, 5.41) is 1.11. The molecule has 0 bridgehead atoms. The number of nitrogen functional groups attached to an aromatic ring is 1. The first-order valence-electron chi connectivity index (χ1n) is 7.02. The van der Waals surface area contributed by atoms with Crippen molar-refractivity contribution in [2.24, 2.45) is 0 Å². The largest absolute Gasteiger partial charge is 0.383 e. The third-order valence-corrected chi connectivity index (χ3v) is 5.26. The van der Waals surface area contributed by atoms with Crippen molar-refractivity contribution in [1.82, 2.24) is 9.97 Å².